The molecule has 2 aromatic heterocycles. The number of nitrogens with zero attached hydrogens (tertiary/aromatic N) is 1. The van der Waals surface area contributed by atoms with Crippen LogP contribution in [0.4, 0.5) is 27.0 Å². The van der Waals surface area contributed by atoms with Crippen LogP contribution in [0, 0.1) is 40.4 Å². The number of ether oxygens (including phenoxy) is 1. The molecule has 0 saturated heterocycles. The Morgan fingerprint density at radius 1 is 1.06 bits per heavy atom. The second-order valence-corrected chi connectivity index (χ2v) is 8.04. The number of carbonyl (C=O) groups excluding carboxylic acids is 1. The molecule has 0 aliphatic heterocycles. The summed E-state index contributed by atoms with van der Waals surface area (Å²) >= 11 is 1.33. The van der Waals surface area contributed by atoms with Gasteiger partial charge in [0.25, 0.3) is 5.91 Å². The van der Waals surface area contributed by atoms with Gasteiger partial charge in [0.15, 0.2) is 11.5 Å². The summed E-state index contributed by atoms with van der Waals surface area (Å²) in [7, 11) is 0. The lowest BCUT2D eigenvalue weighted by Crippen LogP contribution is -2.11. The Morgan fingerprint density at radius 2 is 1.72 bits per heavy atom. The molecule has 1 N–H and O–H groups in total. The molecule has 1 aromatic carbocycles. The largest absolute Gasteiger partial charge is 0.479 e. The van der Waals surface area contributed by atoms with Gasteiger partial charge in [0.2, 0.25) is 29.1 Å². The molecular formula is C21H13F5N2O3S. The van der Waals surface area contributed by atoms with E-state index in [1.807, 2.05) is 0 Å². The average Bonchev–Trinajstić information content (AvgIpc) is 3.40. The summed E-state index contributed by atoms with van der Waals surface area (Å²) < 4.78 is 76.9. The number of aryl methyl sites for hydroxylation is 1. The van der Waals surface area contributed by atoms with Crippen molar-refractivity contribution >= 4 is 22.2 Å². The van der Waals surface area contributed by atoms with E-state index >= 15 is 0 Å². The fraction of sp³-hybridized carbons (Fsp3) is 0.238. The summed E-state index contributed by atoms with van der Waals surface area (Å²) in [6, 6.07) is 4.63. The lowest BCUT2D eigenvalue weighted by molar-refractivity contribution is 0.0992. The molecule has 3 aromatic rings. The minimum absolute atomic E-state index is 0.0925. The van der Waals surface area contributed by atoms with Crippen LogP contribution in [0.5, 0.6) is 5.75 Å². The molecule has 166 valence electrons. The van der Waals surface area contributed by atoms with E-state index in [1.165, 1.54) is 23.5 Å². The van der Waals surface area contributed by atoms with Gasteiger partial charge >= 0.3 is 0 Å². The van der Waals surface area contributed by atoms with Gasteiger partial charge in [-0.1, -0.05) is 0 Å². The van der Waals surface area contributed by atoms with E-state index < -0.39 is 47.3 Å². The standard InChI is InChI=1S/C21H13F5N2O3S/c22-14-15(23)17(25)19(18(26)16(14)24)30-8-9-5-6-12(31-9)20(29)28-21-11(7-27)10-3-1-2-4-13(10)32-21/h5-6H,1-4,8H2,(H,28,29). The number of amides is 1. The molecule has 0 bridgehead atoms. The Balaban J connectivity index is 1.48. The van der Waals surface area contributed by atoms with E-state index in [9.17, 15) is 32.0 Å². The van der Waals surface area contributed by atoms with Crippen molar-refractivity contribution in [1.82, 2.24) is 0 Å². The lowest BCUT2D eigenvalue weighted by Gasteiger charge is -2.09. The van der Waals surface area contributed by atoms with E-state index in [0.29, 0.717) is 10.6 Å². The molecule has 0 radical (unpaired) electrons. The number of halogens is 5. The van der Waals surface area contributed by atoms with Crippen LogP contribution in [0.15, 0.2) is 16.5 Å². The summed E-state index contributed by atoms with van der Waals surface area (Å²) in [5, 5.41) is 12.5. The molecule has 0 fully saturated rings. The van der Waals surface area contributed by atoms with Crippen LogP contribution in [0.1, 0.15) is 45.2 Å². The van der Waals surface area contributed by atoms with E-state index in [0.717, 1.165) is 36.1 Å². The highest BCUT2D eigenvalue weighted by Gasteiger charge is 2.27. The Morgan fingerprint density at radius 3 is 2.41 bits per heavy atom. The molecule has 32 heavy (non-hydrogen) atoms. The van der Waals surface area contributed by atoms with Crippen molar-refractivity contribution in [3.8, 4) is 11.8 Å². The van der Waals surface area contributed by atoms with Crippen LogP contribution in [0.2, 0.25) is 0 Å². The number of fused-ring (bicyclic) bond motifs is 1. The van der Waals surface area contributed by atoms with Crippen molar-refractivity contribution in [3.05, 3.63) is 68.7 Å². The topological polar surface area (TPSA) is 75.3 Å². The van der Waals surface area contributed by atoms with Crippen molar-refractivity contribution < 1.29 is 35.9 Å². The zero-order chi connectivity index (χ0) is 23.0. The molecule has 2 heterocycles. The van der Waals surface area contributed by atoms with Gasteiger partial charge in [-0.05, 0) is 43.4 Å². The first kappa shape index (κ1) is 21.8. The van der Waals surface area contributed by atoms with Crippen LogP contribution in [0.3, 0.4) is 0 Å². The van der Waals surface area contributed by atoms with Crippen molar-refractivity contribution in [3.63, 3.8) is 0 Å². The number of benzene rings is 1. The fourth-order valence-corrected chi connectivity index (χ4v) is 4.60. The van der Waals surface area contributed by atoms with Crippen molar-refractivity contribution in [1.29, 1.82) is 5.26 Å². The van der Waals surface area contributed by atoms with Gasteiger partial charge in [-0.2, -0.15) is 14.0 Å². The van der Waals surface area contributed by atoms with Gasteiger partial charge in [0.05, 0.1) is 5.56 Å². The quantitative estimate of drug-likeness (QED) is 0.300. The molecule has 0 unspecified atom stereocenters. The van der Waals surface area contributed by atoms with Crippen molar-refractivity contribution in [2.24, 2.45) is 0 Å². The molecule has 1 aliphatic rings. The van der Waals surface area contributed by atoms with Gasteiger partial charge in [-0.3, -0.25) is 4.79 Å². The summed E-state index contributed by atoms with van der Waals surface area (Å²) in [6.07, 6.45) is 3.59. The van der Waals surface area contributed by atoms with Crippen molar-refractivity contribution in [2.75, 3.05) is 5.32 Å². The second-order valence-electron chi connectivity index (χ2n) is 6.93. The first-order valence-corrected chi connectivity index (χ1v) is 10.2. The summed E-state index contributed by atoms with van der Waals surface area (Å²) in [4.78, 5) is 13.6. The summed E-state index contributed by atoms with van der Waals surface area (Å²) in [6.45, 7) is -0.692. The van der Waals surface area contributed by atoms with Gasteiger partial charge < -0.3 is 14.5 Å². The smallest absolute Gasteiger partial charge is 0.292 e. The molecule has 1 aliphatic carbocycles. The highest BCUT2D eigenvalue weighted by atomic mass is 32.1. The van der Waals surface area contributed by atoms with Crippen LogP contribution in [0.25, 0.3) is 0 Å². The predicted octanol–water partition coefficient (Wildman–Crippen LogP) is 5.62. The average molecular weight is 468 g/mol. The molecule has 0 spiro atoms. The van der Waals surface area contributed by atoms with Crippen LogP contribution >= 0.6 is 11.3 Å². The first-order valence-electron chi connectivity index (χ1n) is 9.40. The number of carbonyl (C=O) groups is 1. The SMILES string of the molecule is N#Cc1c(NC(=O)c2ccc(COc3c(F)c(F)c(F)c(F)c3F)o2)sc2c1CCCC2. The molecule has 1 amide bonds. The molecule has 0 atom stereocenters. The summed E-state index contributed by atoms with van der Waals surface area (Å²) in [5.41, 5.74) is 1.36. The summed E-state index contributed by atoms with van der Waals surface area (Å²) in [5.74, 6) is -13.2. The highest BCUT2D eigenvalue weighted by Crippen LogP contribution is 2.38. The van der Waals surface area contributed by atoms with Gasteiger partial charge in [0, 0.05) is 4.88 Å². The van der Waals surface area contributed by atoms with Crippen molar-refractivity contribution in [2.45, 2.75) is 32.3 Å². The number of hydrogen-bond acceptors (Lipinski definition) is 5. The number of nitriles is 1. The van der Waals surface area contributed by atoms with Crippen LogP contribution in [-0.4, -0.2) is 5.91 Å². The third-order valence-corrected chi connectivity index (χ3v) is 6.13. The number of furan rings is 1. The number of thiophene rings is 1. The maximum atomic E-state index is 13.7. The Labute approximate surface area is 182 Å². The number of anilines is 1. The fourth-order valence-electron chi connectivity index (χ4n) is 3.37. The first-order chi connectivity index (χ1) is 15.3. The number of hydrogen-bond donors (Lipinski definition) is 1. The van der Waals surface area contributed by atoms with E-state index in [4.69, 9.17) is 9.15 Å². The molecule has 4 rings (SSSR count). The van der Waals surface area contributed by atoms with Crippen LogP contribution < -0.4 is 10.1 Å². The second kappa shape index (κ2) is 8.63. The van der Waals surface area contributed by atoms with E-state index in [2.05, 4.69) is 11.4 Å². The van der Waals surface area contributed by atoms with Gasteiger partial charge in [-0.25, -0.2) is 13.2 Å². The third kappa shape index (κ3) is 3.82. The Bertz CT molecular complexity index is 1230. The van der Waals surface area contributed by atoms with E-state index in [1.54, 1.807) is 0 Å². The number of rotatable bonds is 5. The third-order valence-electron chi connectivity index (χ3n) is 4.92. The van der Waals surface area contributed by atoms with Crippen LogP contribution in [-0.2, 0) is 19.4 Å². The van der Waals surface area contributed by atoms with Gasteiger partial charge in [-0.15, -0.1) is 11.3 Å². The highest BCUT2D eigenvalue weighted by molar-refractivity contribution is 7.16. The Hall–Kier alpha value is -3.39. The van der Waals surface area contributed by atoms with Gasteiger partial charge in [0.1, 0.15) is 23.4 Å². The minimum Gasteiger partial charge on any atom is -0.479 e. The molecule has 5 nitrogen and oxygen atoms in total. The predicted molar refractivity (Wildman–Crippen MR) is 103 cm³/mol. The number of nitrogens with one attached hydrogen (secondary N) is 1. The zero-order valence-corrected chi connectivity index (χ0v) is 17.0. The minimum atomic E-state index is -2.30. The lowest BCUT2D eigenvalue weighted by atomic mass is 9.96. The zero-order valence-electron chi connectivity index (χ0n) is 16.2. The Kier molecular flexibility index (Phi) is 5.88. The molecule has 0 saturated carbocycles. The maximum absolute atomic E-state index is 13.7. The maximum Gasteiger partial charge on any atom is 0.292 e. The normalized spacial score (nSPS) is 12.9. The molecule has 11 heteroatoms. The van der Waals surface area contributed by atoms with E-state index in [-0.39, 0.29) is 11.5 Å². The molecular weight excluding hydrogens is 455 g/mol. The monoisotopic (exact) mass is 468 g/mol.